The molecule has 4 heteroatoms. The van der Waals surface area contributed by atoms with Crippen LogP contribution in [0.2, 0.25) is 0 Å². The Labute approximate surface area is 115 Å². The molecule has 1 aliphatic rings. The number of ether oxygens (including phenoxy) is 1. The van der Waals surface area contributed by atoms with Crippen LogP contribution in [0.1, 0.15) is 38.3 Å². The Hall–Kier alpha value is -1.10. The molecule has 1 unspecified atom stereocenters. The van der Waals surface area contributed by atoms with Crippen LogP contribution in [-0.4, -0.2) is 30.6 Å². The Kier molecular flexibility index (Phi) is 4.45. The summed E-state index contributed by atoms with van der Waals surface area (Å²) in [6.07, 6.45) is 2.56. The fraction of sp³-hybridized carbons (Fsp3) is 0.600. The monoisotopic (exact) mass is 263 g/mol. The number of methoxy groups -OCH3 is 1. The van der Waals surface area contributed by atoms with Crippen molar-refractivity contribution in [1.82, 2.24) is 10.3 Å². The lowest BCUT2D eigenvalue weighted by Crippen LogP contribution is -2.53. The maximum atomic E-state index is 5.82. The number of hydrazine groups is 1. The van der Waals surface area contributed by atoms with E-state index in [0.717, 1.165) is 18.8 Å². The predicted octanol–water partition coefficient (Wildman–Crippen LogP) is 2.07. The topological polar surface area (TPSA) is 50.5 Å². The van der Waals surface area contributed by atoms with E-state index in [9.17, 15) is 0 Å². The van der Waals surface area contributed by atoms with Gasteiger partial charge in [-0.2, -0.15) is 0 Å². The second-order valence-electron chi connectivity index (χ2n) is 5.72. The number of rotatable bonds is 5. The van der Waals surface area contributed by atoms with Gasteiger partial charge in [-0.15, -0.1) is 0 Å². The Morgan fingerprint density at radius 2 is 1.79 bits per heavy atom. The summed E-state index contributed by atoms with van der Waals surface area (Å²) < 4.78 is 5.21. The number of benzene rings is 1. The Balaban J connectivity index is 2.21. The summed E-state index contributed by atoms with van der Waals surface area (Å²) in [7, 11) is 1.68. The van der Waals surface area contributed by atoms with E-state index in [1.807, 2.05) is 12.1 Å². The van der Waals surface area contributed by atoms with Gasteiger partial charge in [-0.3, -0.25) is 16.2 Å². The Morgan fingerprint density at radius 3 is 2.26 bits per heavy atom. The zero-order valence-corrected chi connectivity index (χ0v) is 12.1. The number of nitrogens with zero attached hydrogens (tertiary/aromatic N) is 1. The number of hydrogen-bond acceptors (Lipinski definition) is 4. The van der Waals surface area contributed by atoms with Crippen molar-refractivity contribution in [3.8, 4) is 5.75 Å². The molecule has 0 amide bonds. The number of nitrogens with two attached hydrogens (primary N) is 1. The van der Waals surface area contributed by atoms with Crippen molar-refractivity contribution < 1.29 is 4.74 Å². The molecule has 4 nitrogen and oxygen atoms in total. The SMILES string of the molecule is COc1ccc(C(NN)C(C)(C)N2CCCC2)cc1. The third-order valence-electron chi connectivity index (χ3n) is 4.24. The molecule has 1 aromatic rings. The molecule has 0 aliphatic carbocycles. The van der Waals surface area contributed by atoms with Crippen molar-refractivity contribution in [3.05, 3.63) is 29.8 Å². The number of likely N-dealkylation sites (tertiary alicyclic amines) is 1. The summed E-state index contributed by atoms with van der Waals surface area (Å²) in [4.78, 5) is 2.52. The lowest BCUT2D eigenvalue weighted by Gasteiger charge is -2.42. The molecule has 1 aliphatic heterocycles. The van der Waals surface area contributed by atoms with E-state index >= 15 is 0 Å². The molecule has 1 aromatic carbocycles. The minimum Gasteiger partial charge on any atom is -0.497 e. The average molecular weight is 263 g/mol. The second kappa shape index (κ2) is 5.90. The molecule has 0 saturated carbocycles. The highest BCUT2D eigenvalue weighted by molar-refractivity contribution is 5.30. The van der Waals surface area contributed by atoms with Crippen molar-refractivity contribution in [3.63, 3.8) is 0 Å². The normalized spacial score (nSPS) is 18.5. The van der Waals surface area contributed by atoms with Gasteiger partial charge in [0.15, 0.2) is 0 Å². The number of nitrogens with one attached hydrogen (secondary N) is 1. The summed E-state index contributed by atoms with van der Waals surface area (Å²) in [6, 6.07) is 8.25. The fourth-order valence-corrected chi connectivity index (χ4v) is 2.98. The number of hydrogen-bond donors (Lipinski definition) is 2. The summed E-state index contributed by atoms with van der Waals surface area (Å²) in [5.74, 6) is 6.69. The van der Waals surface area contributed by atoms with Crippen molar-refractivity contribution in [2.75, 3.05) is 20.2 Å². The van der Waals surface area contributed by atoms with Gasteiger partial charge in [0.2, 0.25) is 0 Å². The smallest absolute Gasteiger partial charge is 0.118 e. The summed E-state index contributed by atoms with van der Waals surface area (Å²) in [5, 5.41) is 0. The van der Waals surface area contributed by atoms with Crippen LogP contribution in [0.5, 0.6) is 5.75 Å². The van der Waals surface area contributed by atoms with E-state index < -0.39 is 0 Å². The Morgan fingerprint density at radius 1 is 1.21 bits per heavy atom. The molecule has 0 aromatic heterocycles. The van der Waals surface area contributed by atoms with Crippen molar-refractivity contribution >= 4 is 0 Å². The standard InChI is InChI=1S/C15H25N3O/c1-15(2,18-10-4-5-11-18)14(17-16)12-6-8-13(19-3)9-7-12/h6-9,14,17H,4-5,10-11,16H2,1-3H3. The quantitative estimate of drug-likeness (QED) is 0.631. The van der Waals surface area contributed by atoms with Gasteiger partial charge in [0.05, 0.1) is 13.2 Å². The van der Waals surface area contributed by atoms with Crippen LogP contribution in [0.3, 0.4) is 0 Å². The molecule has 0 spiro atoms. The van der Waals surface area contributed by atoms with Gasteiger partial charge in [-0.25, -0.2) is 0 Å². The zero-order chi connectivity index (χ0) is 13.9. The van der Waals surface area contributed by atoms with Crippen molar-refractivity contribution in [1.29, 1.82) is 0 Å². The summed E-state index contributed by atoms with van der Waals surface area (Å²) >= 11 is 0. The molecule has 3 N–H and O–H groups in total. The fourth-order valence-electron chi connectivity index (χ4n) is 2.98. The average Bonchev–Trinajstić information content (AvgIpc) is 2.95. The molecule has 1 heterocycles. The van der Waals surface area contributed by atoms with Crippen LogP contribution >= 0.6 is 0 Å². The third kappa shape index (κ3) is 2.91. The lowest BCUT2D eigenvalue weighted by atomic mass is 9.87. The molecule has 106 valence electrons. The van der Waals surface area contributed by atoms with E-state index in [-0.39, 0.29) is 11.6 Å². The van der Waals surface area contributed by atoms with E-state index in [4.69, 9.17) is 10.6 Å². The maximum Gasteiger partial charge on any atom is 0.118 e. The van der Waals surface area contributed by atoms with Gasteiger partial charge in [-0.1, -0.05) is 12.1 Å². The molecule has 19 heavy (non-hydrogen) atoms. The maximum absolute atomic E-state index is 5.82. The zero-order valence-electron chi connectivity index (χ0n) is 12.1. The van der Waals surface area contributed by atoms with E-state index in [2.05, 4.69) is 36.3 Å². The summed E-state index contributed by atoms with van der Waals surface area (Å²) in [6.45, 7) is 6.82. The predicted molar refractivity (Wildman–Crippen MR) is 77.9 cm³/mol. The largest absolute Gasteiger partial charge is 0.497 e. The van der Waals surface area contributed by atoms with E-state index in [1.165, 1.54) is 18.4 Å². The molecular weight excluding hydrogens is 238 g/mol. The van der Waals surface area contributed by atoms with Crippen molar-refractivity contribution in [2.24, 2.45) is 5.84 Å². The highest BCUT2D eigenvalue weighted by atomic mass is 16.5. The van der Waals surface area contributed by atoms with Gasteiger partial charge >= 0.3 is 0 Å². The highest BCUT2D eigenvalue weighted by Crippen LogP contribution is 2.33. The molecule has 1 saturated heterocycles. The van der Waals surface area contributed by atoms with Crippen LogP contribution in [0.4, 0.5) is 0 Å². The van der Waals surface area contributed by atoms with Crippen LogP contribution in [0.15, 0.2) is 24.3 Å². The molecule has 2 rings (SSSR count). The van der Waals surface area contributed by atoms with Crippen LogP contribution in [0, 0.1) is 0 Å². The molecular formula is C15H25N3O. The van der Waals surface area contributed by atoms with Gasteiger partial charge < -0.3 is 4.74 Å². The van der Waals surface area contributed by atoms with Crippen LogP contribution < -0.4 is 16.0 Å². The first-order valence-electron chi connectivity index (χ1n) is 6.94. The first kappa shape index (κ1) is 14.3. The second-order valence-corrected chi connectivity index (χ2v) is 5.72. The molecule has 1 atom stereocenters. The Bertz CT molecular complexity index is 396. The van der Waals surface area contributed by atoms with Crippen LogP contribution in [-0.2, 0) is 0 Å². The highest BCUT2D eigenvalue weighted by Gasteiger charge is 2.37. The minimum absolute atomic E-state index is 0.000160. The molecule has 1 fully saturated rings. The van der Waals surface area contributed by atoms with Crippen LogP contribution in [0.25, 0.3) is 0 Å². The van der Waals surface area contributed by atoms with E-state index in [0.29, 0.717) is 0 Å². The first-order chi connectivity index (χ1) is 9.09. The third-order valence-corrected chi connectivity index (χ3v) is 4.24. The van der Waals surface area contributed by atoms with Gasteiger partial charge in [-0.05, 0) is 57.5 Å². The van der Waals surface area contributed by atoms with E-state index in [1.54, 1.807) is 7.11 Å². The molecule has 0 radical (unpaired) electrons. The first-order valence-corrected chi connectivity index (χ1v) is 6.94. The lowest BCUT2D eigenvalue weighted by molar-refractivity contribution is 0.107. The summed E-state index contributed by atoms with van der Waals surface area (Å²) in [5.41, 5.74) is 4.18. The van der Waals surface area contributed by atoms with Gasteiger partial charge in [0.25, 0.3) is 0 Å². The van der Waals surface area contributed by atoms with Gasteiger partial charge in [0, 0.05) is 5.54 Å². The molecule has 0 bridgehead atoms. The van der Waals surface area contributed by atoms with Gasteiger partial charge in [0.1, 0.15) is 5.75 Å². The van der Waals surface area contributed by atoms with Crippen molar-refractivity contribution in [2.45, 2.75) is 38.3 Å². The minimum atomic E-state index is -0.000160.